The first-order valence-corrected chi connectivity index (χ1v) is 7.61. The van der Waals surface area contributed by atoms with Gasteiger partial charge in [-0.3, -0.25) is 4.79 Å². The summed E-state index contributed by atoms with van der Waals surface area (Å²) in [6.45, 7) is 2.80. The third kappa shape index (κ3) is 4.64. The number of nitrogens with one attached hydrogen (secondary N) is 1. The molecular weight excluding hydrogens is 292 g/mol. The molecule has 1 amide bonds. The van der Waals surface area contributed by atoms with Crippen molar-refractivity contribution in [2.24, 2.45) is 0 Å². The van der Waals surface area contributed by atoms with Crippen molar-refractivity contribution in [2.75, 3.05) is 24.8 Å². The lowest BCUT2D eigenvalue weighted by molar-refractivity contribution is 0.102. The molecule has 0 saturated carbocycles. The van der Waals surface area contributed by atoms with E-state index in [-0.39, 0.29) is 5.91 Å². The van der Waals surface area contributed by atoms with Gasteiger partial charge in [-0.15, -0.1) is 0 Å². The van der Waals surface area contributed by atoms with Crippen LogP contribution in [-0.4, -0.2) is 19.6 Å². The third-order valence-electron chi connectivity index (χ3n) is 3.36. The van der Waals surface area contributed by atoms with Crippen molar-refractivity contribution in [3.8, 4) is 11.5 Å². The molecule has 0 aromatic heterocycles. The van der Waals surface area contributed by atoms with Crippen LogP contribution in [0.4, 0.5) is 11.4 Å². The standard InChI is InChI=1S/C18H22N2O3/c1-3-4-11-23-15-8-5-13(6-9-15)18(21)20-16-10-7-14(19)12-17(16)22-2/h5-10,12H,3-4,11,19H2,1-2H3,(H,20,21). The van der Waals surface area contributed by atoms with Gasteiger partial charge in [-0.25, -0.2) is 0 Å². The van der Waals surface area contributed by atoms with Gasteiger partial charge in [0.25, 0.3) is 5.91 Å². The summed E-state index contributed by atoms with van der Waals surface area (Å²) >= 11 is 0. The monoisotopic (exact) mass is 314 g/mol. The second-order valence-corrected chi connectivity index (χ2v) is 5.14. The molecule has 0 fully saturated rings. The Labute approximate surface area is 136 Å². The molecule has 0 radical (unpaired) electrons. The molecule has 5 nitrogen and oxygen atoms in total. The van der Waals surface area contributed by atoms with Crippen LogP contribution in [0.25, 0.3) is 0 Å². The SMILES string of the molecule is CCCCOc1ccc(C(=O)Nc2ccc(N)cc2OC)cc1. The number of rotatable bonds is 7. The highest BCUT2D eigenvalue weighted by Gasteiger charge is 2.10. The molecular formula is C18H22N2O3. The van der Waals surface area contributed by atoms with E-state index in [1.54, 1.807) is 42.5 Å². The maximum absolute atomic E-state index is 12.3. The van der Waals surface area contributed by atoms with Gasteiger partial charge >= 0.3 is 0 Å². The van der Waals surface area contributed by atoms with Crippen molar-refractivity contribution in [1.29, 1.82) is 0 Å². The number of carbonyl (C=O) groups is 1. The van der Waals surface area contributed by atoms with Crippen LogP contribution in [0.1, 0.15) is 30.1 Å². The maximum Gasteiger partial charge on any atom is 0.255 e. The first-order valence-electron chi connectivity index (χ1n) is 7.61. The minimum absolute atomic E-state index is 0.215. The Morgan fingerprint density at radius 1 is 1.17 bits per heavy atom. The maximum atomic E-state index is 12.3. The largest absolute Gasteiger partial charge is 0.494 e. The van der Waals surface area contributed by atoms with E-state index >= 15 is 0 Å². The molecule has 2 aromatic carbocycles. The quantitative estimate of drug-likeness (QED) is 0.603. The number of benzene rings is 2. The second-order valence-electron chi connectivity index (χ2n) is 5.14. The van der Waals surface area contributed by atoms with E-state index in [0.29, 0.717) is 29.3 Å². The first kappa shape index (κ1) is 16.7. The average Bonchev–Trinajstić information content (AvgIpc) is 2.57. The van der Waals surface area contributed by atoms with Crippen molar-refractivity contribution in [3.05, 3.63) is 48.0 Å². The molecule has 2 aromatic rings. The molecule has 0 aliphatic heterocycles. The average molecular weight is 314 g/mol. The van der Waals surface area contributed by atoms with E-state index in [4.69, 9.17) is 15.2 Å². The van der Waals surface area contributed by atoms with Crippen LogP contribution in [0.3, 0.4) is 0 Å². The second kappa shape index (κ2) is 8.08. The van der Waals surface area contributed by atoms with Gasteiger partial charge in [-0.2, -0.15) is 0 Å². The summed E-state index contributed by atoms with van der Waals surface area (Å²) in [6.07, 6.45) is 2.10. The van der Waals surface area contributed by atoms with Crippen LogP contribution in [0.15, 0.2) is 42.5 Å². The third-order valence-corrected chi connectivity index (χ3v) is 3.36. The summed E-state index contributed by atoms with van der Waals surface area (Å²) in [4.78, 5) is 12.3. The molecule has 2 rings (SSSR count). The topological polar surface area (TPSA) is 73.6 Å². The van der Waals surface area contributed by atoms with Crippen LogP contribution in [0.2, 0.25) is 0 Å². The number of amides is 1. The first-order chi connectivity index (χ1) is 11.1. The van der Waals surface area contributed by atoms with Crippen molar-refractivity contribution < 1.29 is 14.3 Å². The van der Waals surface area contributed by atoms with Crippen molar-refractivity contribution in [3.63, 3.8) is 0 Å². The fourth-order valence-electron chi connectivity index (χ4n) is 2.04. The molecule has 0 heterocycles. The molecule has 0 spiro atoms. The number of unbranched alkanes of at least 4 members (excludes halogenated alkanes) is 1. The lowest BCUT2D eigenvalue weighted by Gasteiger charge is -2.11. The van der Waals surface area contributed by atoms with Crippen LogP contribution >= 0.6 is 0 Å². The predicted molar refractivity (Wildman–Crippen MR) is 92.2 cm³/mol. The van der Waals surface area contributed by atoms with Gasteiger partial charge in [-0.1, -0.05) is 13.3 Å². The number of carbonyl (C=O) groups excluding carboxylic acids is 1. The van der Waals surface area contributed by atoms with Crippen molar-refractivity contribution in [2.45, 2.75) is 19.8 Å². The van der Waals surface area contributed by atoms with E-state index in [1.165, 1.54) is 7.11 Å². The Morgan fingerprint density at radius 3 is 2.57 bits per heavy atom. The number of anilines is 2. The molecule has 0 atom stereocenters. The zero-order valence-electron chi connectivity index (χ0n) is 13.5. The molecule has 0 saturated heterocycles. The van der Waals surface area contributed by atoms with Gasteiger partial charge in [0.15, 0.2) is 0 Å². The Balaban J connectivity index is 2.03. The summed E-state index contributed by atoms with van der Waals surface area (Å²) in [5.41, 5.74) is 7.41. The highest BCUT2D eigenvalue weighted by Crippen LogP contribution is 2.27. The number of hydrogen-bond donors (Lipinski definition) is 2. The van der Waals surface area contributed by atoms with Gasteiger partial charge in [0.05, 0.1) is 19.4 Å². The number of methoxy groups -OCH3 is 1. The van der Waals surface area contributed by atoms with E-state index in [0.717, 1.165) is 18.6 Å². The summed E-state index contributed by atoms with van der Waals surface area (Å²) in [5.74, 6) is 1.08. The summed E-state index contributed by atoms with van der Waals surface area (Å²) in [6, 6.07) is 12.2. The number of nitrogen functional groups attached to an aromatic ring is 1. The highest BCUT2D eigenvalue weighted by atomic mass is 16.5. The Hall–Kier alpha value is -2.69. The van der Waals surface area contributed by atoms with Gasteiger partial charge in [0.1, 0.15) is 11.5 Å². The minimum atomic E-state index is -0.215. The smallest absolute Gasteiger partial charge is 0.255 e. The van der Waals surface area contributed by atoms with Crippen LogP contribution in [-0.2, 0) is 0 Å². The normalized spacial score (nSPS) is 10.2. The van der Waals surface area contributed by atoms with E-state index in [9.17, 15) is 4.79 Å². The van der Waals surface area contributed by atoms with E-state index in [2.05, 4.69) is 12.2 Å². The van der Waals surface area contributed by atoms with Gasteiger partial charge < -0.3 is 20.5 Å². The summed E-state index contributed by atoms with van der Waals surface area (Å²) in [7, 11) is 1.53. The number of ether oxygens (including phenoxy) is 2. The Morgan fingerprint density at radius 2 is 1.91 bits per heavy atom. The van der Waals surface area contributed by atoms with Gasteiger partial charge in [0, 0.05) is 17.3 Å². The van der Waals surface area contributed by atoms with Crippen molar-refractivity contribution in [1.82, 2.24) is 0 Å². The molecule has 0 bridgehead atoms. The zero-order chi connectivity index (χ0) is 16.7. The van der Waals surface area contributed by atoms with Crippen LogP contribution in [0.5, 0.6) is 11.5 Å². The molecule has 0 aliphatic rings. The minimum Gasteiger partial charge on any atom is -0.494 e. The van der Waals surface area contributed by atoms with E-state index < -0.39 is 0 Å². The van der Waals surface area contributed by atoms with Gasteiger partial charge in [0.2, 0.25) is 0 Å². The zero-order valence-corrected chi connectivity index (χ0v) is 13.5. The fraction of sp³-hybridized carbons (Fsp3) is 0.278. The molecule has 5 heteroatoms. The fourth-order valence-corrected chi connectivity index (χ4v) is 2.04. The lowest BCUT2D eigenvalue weighted by atomic mass is 10.2. The summed E-state index contributed by atoms with van der Waals surface area (Å²) in [5, 5.41) is 2.82. The summed E-state index contributed by atoms with van der Waals surface area (Å²) < 4.78 is 10.8. The van der Waals surface area contributed by atoms with E-state index in [1.807, 2.05) is 0 Å². The molecule has 122 valence electrons. The predicted octanol–water partition coefficient (Wildman–Crippen LogP) is 3.71. The Kier molecular flexibility index (Phi) is 5.86. The van der Waals surface area contributed by atoms with Crippen LogP contribution < -0.4 is 20.5 Å². The Bertz CT molecular complexity index is 654. The molecule has 3 N–H and O–H groups in total. The number of nitrogens with two attached hydrogens (primary N) is 1. The highest BCUT2D eigenvalue weighted by molar-refractivity contribution is 6.05. The van der Waals surface area contributed by atoms with Crippen molar-refractivity contribution >= 4 is 17.3 Å². The molecule has 0 unspecified atom stereocenters. The number of hydrogen-bond acceptors (Lipinski definition) is 4. The lowest BCUT2D eigenvalue weighted by Crippen LogP contribution is -2.12. The molecule has 0 aliphatic carbocycles. The van der Waals surface area contributed by atoms with Crippen LogP contribution in [0, 0.1) is 0 Å². The molecule has 23 heavy (non-hydrogen) atoms. The van der Waals surface area contributed by atoms with Gasteiger partial charge in [-0.05, 0) is 42.8 Å².